The fraction of sp³-hybridized carbons (Fsp3) is 0.208. The predicted octanol–water partition coefficient (Wildman–Crippen LogP) is 6.57. The molecule has 2 aromatic carbocycles. The first-order valence-corrected chi connectivity index (χ1v) is 13.1. The molecular weight excluding hydrogens is 497 g/mol. The van der Waals surface area contributed by atoms with E-state index in [9.17, 15) is 9.59 Å². The lowest BCUT2D eigenvalue weighted by molar-refractivity contribution is -0.113. The van der Waals surface area contributed by atoms with Crippen molar-refractivity contribution in [1.29, 1.82) is 0 Å². The fourth-order valence-corrected chi connectivity index (χ4v) is 6.03. The lowest BCUT2D eigenvalue weighted by Gasteiger charge is -2.16. The number of aromatic amines is 1. The van der Waals surface area contributed by atoms with Crippen molar-refractivity contribution >= 4 is 68.1 Å². The maximum atomic E-state index is 12.9. The number of amides is 1. The summed E-state index contributed by atoms with van der Waals surface area (Å²) in [4.78, 5) is 33.3. The zero-order valence-electron chi connectivity index (χ0n) is 17.4. The molecule has 0 saturated carbocycles. The zero-order valence-corrected chi connectivity index (χ0v) is 20.6. The molecule has 5 nitrogen and oxygen atoms in total. The number of fused-ring (bicyclic) bond motifs is 2. The Morgan fingerprint density at radius 1 is 1.12 bits per heavy atom. The number of anilines is 1. The van der Waals surface area contributed by atoms with Crippen LogP contribution in [0.5, 0.6) is 0 Å². The second-order valence-electron chi connectivity index (χ2n) is 7.85. The summed E-state index contributed by atoms with van der Waals surface area (Å²) in [6.45, 7) is 0. The topological polar surface area (TPSA) is 74.8 Å². The van der Waals surface area contributed by atoms with E-state index >= 15 is 0 Å². The molecule has 0 saturated heterocycles. The highest BCUT2D eigenvalue weighted by Crippen LogP contribution is 2.34. The van der Waals surface area contributed by atoms with E-state index in [4.69, 9.17) is 23.2 Å². The molecule has 0 atom stereocenters. The van der Waals surface area contributed by atoms with Crippen LogP contribution in [-0.4, -0.2) is 21.6 Å². The summed E-state index contributed by atoms with van der Waals surface area (Å²) in [5, 5.41) is 6.59. The Balaban J connectivity index is 1.35. The average molecular weight is 516 g/mol. The van der Waals surface area contributed by atoms with Gasteiger partial charge in [0.05, 0.1) is 21.8 Å². The predicted molar refractivity (Wildman–Crippen MR) is 138 cm³/mol. The van der Waals surface area contributed by atoms with Crippen LogP contribution >= 0.6 is 46.3 Å². The van der Waals surface area contributed by atoms with Gasteiger partial charge < -0.3 is 10.3 Å². The number of carbonyl (C=O) groups excluding carboxylic acids is 1. The van der Waals surface area contributed by atoms with Crippen molar-refractivity contribution < 1.29 is 4.79 Å². The standard InChI is InChI=1S/C24H19Cl2N3O2S2/c25-16-7-8-18(26)19(10-16)27-20(30)12-33-24-28-22(31)21-17(11-32-23(21)29-24)15-6-5-13-3-1-2-4-14(13)9-15/h5-11H,1-4,12H2,(H,27,30)(H,28,29,31). The van der Waals surface area contributed by atoms with Crippen LogP contribution in [0.1, 0.15) is 24.0 Å². The number of hydrogen-bond donors (Lipinski definition) is 2. The highest BCUT2D eigenvalue weighted by atomic mass is 35.5. The van der Waals surface area contributed by atoms with Crippen LogP contribution in [0.25, 0.3) is 21.3 Å². The molecule has 0 unspecified atom stereocenters. The number of thiophene rings is 1. The summed E-state index contributed by atoms with van der Waals surface area (Å²) in [6.07, 6.45) is 4.66. The molecule has 2 N–H and O–H groups in total. The Bertz CT molecular complexity index is 1430. The first-order chi connectivity index (χ1) is 16.0. The van der Waals surface area contributed by atoms with Crippen LogP contribution in [0.15, 0.2) is 51.7 Å². The Hall–Kier alpha value is -2.32. The number of nitrogens with zero attached hydrogens (tertiary/aromatic N) is 1. The lowest BCUT2D eigenvalue weighted by Crippen LogP contribution is -2.15. The molecule has 0 radical (unpaired) electrons. The highest BCUT2D eigenvalue weighted by molar-refractivity contribution is 7.99. The van der Waals surface area contributed by atoms with Crippen molar-refractivity contribution in [3.8, 4) is 11.1 Å². The second kappa shape index (κ2) is 9.50. The lowest BCUT2D eigenvalue weighted by atomic mass is 9.89. The number of rotatable bonds is 5. The van der Waals surface area contributed by atoms with Crippen molar-refractivity contribution in [3.05, 3.63) is 73.3 Å². The van der Waals surface area contributed by atoms with E-state index in [0.29, 0.717) is 31.1 Å². The van der Waals surface area contributed by atoms with E-state index in [1.165, 1.54) is 35.3 Å². The van der Waals surface area contributed by atoms with Crippen LogP contribution in [0.4, 0.5) is 5.69 Å². The largest absolute Gasteiger partial charge is 0.324 e. The molecule has 168 valence electrons. The molecule has 9 heteroatoms. The Kier molecular flexibility index (Phi) is 6.47. The number of hydrogen-bond acceptors (Lipinski definition) is 5. The minimum Gasteiger partial charge on any atom is -0.324 e. The van der Waals surface area contributed by atoms with Gasteiger partial charge in [-0.1, -0.05) is 53.2 Å². The van der Waals surface area contributed by atoms with Gasteiger partial charge in [0.25, 0.3) is 5.56 Å². The van der Waals surface area contributed by atoms with Gasteiger partial charge in [0.15, 0.2) is 5.16 Å². The molecular formula is C24H19Cl2N3O2S2. The Morgan fingerprint density at radius 3 is 2.79 bits per heavy atom. The van der Waals surface area contributed by atoms with E-state index in [1.807, 2.05) is 5.38 Å². The number of aromatic nitrogens is 2. The van der Waals surface area contributed by atoms with Gasteiger partial charge in [-0.25, -0.2) is 4.98 Å². The van der Waals surface area contributed by atoms with Crippen molar-refractivity contribution in [2.45, 2.75) is 30.8 Å². The van der Waals surface area contributed by atoms with Gasteiger partial charge in [-0.2, -0.15) is 0 Å². The fourth-order valence-electron chi connectivity index (χ4n) is 4.02. The third kappa shape index (κ3) is 4.82. The molecule has 0 bridgehead atoms. The van der Waals surface area contributed by atoms with Crippen LogP contribution in [-0.2, 0) is 17.6 Å². The number of halogens is 2. The van der Waals surface area contributed by atoms with E-state index in [1.54, 1.807) is 18.2 Å². The van der Waals surface area contributed by atoms with Gasteiger partial charge in [-0.3, -0.25) is 9.59 Å². The summed E-state index contributed by atoms with van der Waals surface area (Å²) < 4.78 is 0. The zero-order chi connectivity index (χ0) is 22.9. The molecule has 5 rings (SSSR count). The summed E-state index contributed by atoms with van der Waals surface area (Å²) >= 11 is 14.7. The van der Waals surface area contributed by atoms with Crippen LogP contribution in [0, 0.1) is 0 Å². The van der Waals surface area contributed by atoms with Gasteiger partial charge in [0, 0.05) is 16.0 Å². The van der Waals surface area contributed by atoms with Gasteiger partial charge in [-0.05, 0) is 60.6 Å². The van der Waals surface area contributed by atoms with Crippen molar-refractivity contribution in [1.82, 2.24) is 9.97 Å². The van der Waals surface area contributed by atoms with E-state index in [2.05, 4.69) is 33.5 Å². The van der Waals surface area contributed by atoms with Crippen molar-refractivity contribution in [3.63, 3.8) is 0 Å². The van der Waals surface area contributed by atoms with E-state index in [0.717, 1.165) is 35.7 Å². The number of aryl methyl sites for hydroxylation is 2. The molecule has 2 heterocycles. The average Bonchev–Trinajstić information content (AvgIpc) is 3.24. The Labute approximate surface area is 208 Å². The molecule has 1 amide bonds. The minimum absolute atomic E-state index is 0.0698. The Morgan fingerprint density at radius 2 is 1.94 bits per heavy atom. The number of nitrogens with one attached hydrogen (secondary N) is 2. The van der Waals surface area contributed by atoms with Crippen LogP contribution in [0.3, 0.4) is 0 Å². The quantitative estimate of drug-likeness (QED) is 0.233. The maximum absolute atomic E-state index is 12.9. The molecule has 4 aromatic rings. The summed E-state index contributed by atoms with van der Waals surface area (Å²) in [5.74, 6) is -0.201. The first kappa shape index (κ1) is 22.5. The van der Waals surface area contributed by atoms with Gasteiger partial charge in [-0.15, -0.1) is 11.3 Å². The van der Waals surface area contributed by atoms with Gasteiger partial charge >= 0.3 is 0 Å². The maximum Gasteiger partial charge on any atom is 0.260 e. The number of benzene rings is 2. The number of carbonyl (C=O) groups is 1. The molecule has 0 fully saturated rings. The number of thioether (sulfide) groups is 1. The number of H-pyrrole nitrogens is 1. The molecule has 1 aliphatic rings. The molecule has 1 aliphatic carbocycles. The molecule has 0 aliphatic heterocycles. The van der Waals surface area contributed by atoms with Gasteiger partial charge in [0.1, 0.15) is 4.83 Å². The van der Waals surface area contributed by atoms with Gasteiger partial charge in [0.2, 0.25) is 5.91 Å². The summed E-state index contributed by atoms with van der Waals surface area (Å²) in [7, 11) is 0. The third-order valence-corrected chi connectivity index (χ3v) is 7.93. The minimum atomic E-state index is -0.271. The molecule has 2 aromatic heterocycles. The van der Waals surface area contributed by atoms with E-state index in [-0.39, 0.29) is 17.2 Å². The second-order valence-corrected chi connectivity index (χ2v) is 10.5. The smallest absolute Gasteiger partial charge is 0.260 e. The normalized spacial score (nSPS) is 13.2. The monoisotopic (exact) mass is 515 g/mol. The van der Waals surface area contributed by atoms with Crippen molar-refractivity contribution in [2.75, 3.05) is 11.1 Å². The van der Waals surface area contributed by atoms with E-state index < -0.39 is 0 Å². The van der Waals surface area contributed by atoms with Crippen LogP contribution < -0.4 is 10.9 Å². The molecule has 33 heavy (non-hydrogen) atoms. The SMILES string of the molecule is O=C(CSc1nc2scc(-c3ccc4c(c3)CCCC4)c2c(=O)[nH]1)Nc1cc(Cl)ccc1Cl. The van der Waals surface area contributed by atoms with Crippen LogP contribution in [0.2, 0.25) is 10.0 Å². The summed E-state index contributed by atoms with van der Waals surface area (Å²) in [5.41, 5.74) is 4.98. The summed E-state index contributed by atoms with van der Waals surface area (Å²) in [6, 6.07) is 11.4. The van der Waals surface area contributed by atoms with Crippen molar-refractivity contribution in [2.24, 2.45) is 0 Å². The molecule has 0 spiro atoms. The highest BCUT2D eigenvalue weighted by Gasteiger charge is 2.16. The first-order valence-electron chi connectivity index (χ1n) is 10.5. The third-order valence-electron chi connectivity index (χ3n) is 5.62.